The van der Waals surface area contributed by atoms with Crippen molar-refractivity contribution in [3.8, 4) is 5.75 Å². The van der Waals surface area contributed by atoms with Crippen molar-refractivity contribution < 1.29 is 9.90 Å². The minimum Gasteiger partial charge on any atom is -0.508 e. The van der Waals surface area contributed by atoms with Gasteiger partial charge in [0.2, 0.25) is 0 Å². The Bertz CT molecular complexity index is 959. The number of phenolic OH excluding ortho intramolecular Hbond substituents is 1. The summed E-state index contributed by atoms with van der Waals surface area (Å²) in [5, 5.41) is 13.8. The largest absolute Gasteiger partial charge is 0.508 e. The number of nitrogens with zero attached hydrogens (tertiary/aromatic N) is 1. The Hall–Kier alpha value is -2.79. The predicted octanol–water partition coefficient (Wildman–Crippen LogP) is 4.92. The SMILES string of the molecule is O=C1c2ccccc2NC(c2cc(Br)ccc2O)N1Cc1ccccc1. The third-order valence-corrected chi connectivity index (χ3v) is 5.00. The summed E-state index contributed by atoms with van der Waals surface area (Å²) < 4.78 is 0.845. The Morgan fingerprint density at radius 1 is 1.00 bits per heavy atom. The van der Waals surface area contributed by atoms with E-state index in [1.807, 2.05) is 60.7 Å². The summed E-state index contributed by atoms with van der Waals surface area (Å²) in [5.74, 6) is 0.0866. The number of anilines is 1. The van der Waals surface area contributed by atoms with Crippen LogP contribution in [0.25, 0.3) is 0 Å². The molecule has 3 aromatic rings. The van der Waals surface area contributed by atoms with Gasteiger partial charge in [-0.25, -0.2) is 0 Å². The highest BCUT2D eigenvalue weighted by Gasteiger charge is 2.34. The summed E-state index contributed by atoms with van der Waals surface area (Å²) in [6, 6.07) is 22.5. The zero-order valence-corrected chi connectivity index (χ0v) is 15.5. The molecular weight excluding hydrogens is 392 g/mol. The molecule has 4 nitrogen and oxygen atoms in total. The van der Waals surface area contributed by atoms with Gasteiger partial charge in [-0.1, -0.05) is 58.4 Å². The number of carbonyl (C=O) groups excluding carboxylic acids is 1. The molecule has 130 valence electrons. The summed E-state index contributed by atoms with van der Waals surface area (Å²) in [5.41, 5.74) is 3.08. The van der Waals surface area contributed by atoms with E-state index in [1.54, 1.807) is 17.0 Å². The number of fused-ring (bicyclic) bond motifs is 1. The second-order valence-electron chi connectivity index (χ2n) is 6.21. The van der Waals surface area contributed by atoms with Gasteiger partial charge in [0.05, 0.1) is 5.56 Å². The quantitative estimate of drug-likeness (QED) is 0.646. The van der Waals surface area contributed by atoms with Crippen LogP contribution in [0.5, 0.6) is 5.75 Å². The highest BCUT2D eigenvalue weighted by atomic mass is 79.9. The highest BCUT2D eigenvalue weighted by Crippen LogP contribution is 2.38. The van der Waals surface area contributed by atoms with Gasteiger partial charge < -0.3 is 15.3 Å². The molecule has 1 heterocycles. The Labute approximate surface area is 160 Å². The Kier molecular flexibility index (Phi) is 4.39. The van der Waals surface area contributed by atoms with Crippen molar-refractivity contribution in [3.63, 3.8) is 0 Å². The molecule has 1 unspecified atom stereocenters. The number of para-hydroxylation sites is 1. The van der Waals surface area contributed by atoms with Crippen molar-refractivity contribution in [1.82, 2.24) is 4.90 Å². The lowest BCUT2D eigenvalue weighted by Crippen LogP contribution is -2.42. The third-order valence-electron chi connectivity index (χ3n) is 4.50. The van der Waals surface area contributed by atoms with Crippen LogP contribution in [0.4, 0.5) is 5.69 Å². The molecule has 0 aliphatic carbocycles. The molecule has 0 radical (unpaired) electrons. The molecule has 0 saturated heterocycles. The number of amides is 1. The average molecular weight is 409 g/mol. The van der Waals surface area contributed by atoms with Gasteiger partial charge in [-0.3, -0.25) is 4.79 Å². The van der Waals surface area contributed by atoms with Crippen LogP contribution in [-0.2, 0) is 6.54 Å². The lowest BCUT2D eigenvalue weighted by atomic mass is 10.0. The van der Waals surface area contributed by atoms with E-state index >= 15 is 0 Å². The summed E-state index contributed by atoms with van der Waals surface area (Å²) in [6.07, 6.45) is -0.463. The van der Waals surface area contributed by atoms with Crippen LogP contribution < -0.4 is 5.32 Å². The van der Waals surface area contributed by atoms with Crippen LogP contribution in [0.1, 0.15) is 27.7 Å². The zero-order chi connectivity index (χ0) is 18.1. The minimum absolute atomic E-state index is 0.0624. The van der Waals surface area contributed by atoms with Gasteiger partial charge in [-0.2, -0.15) is 0 Å². The lowest BCUT2D eigenvalue weighted by molar-refractivity contribution is 0.0665. The molecule has 0 bridgehead atoms. The number of rotatable bonds is 3. The topological polar surface area (TPSA) is 52.6 Å². The van der Waals surface area contributed by atoms with E-state index in [-0.39, 0.29) is 11.7 Å². The van der Waals surface area contributed by atoms with E-state index < -0.39 is 6.17 Å². The standard InChI is InChI=1S/C21H17BrN2O2/c22-15-10-11-19(25)17(12-15)20-23-18-9-5-4-8-16(18)21(26)24(20)13-14-6-2-1-3-7-14/h1-12,20,23,25H,13H2. The van der Waals surface area contributed by atoms with Crippen LogP contribution >= 0.6 is 15.9 Å². The fourth-order valence-corrected chi connectivity index (χ4v) is 3.60. The van der Waals surface area contributed by atoms with Gasteiger partial charge in [0.25, 0.3) is 5.91 Å². The van der Waals surface area contributed by atoms with Crippen molar-refractivity contribution in [2.75, 3.05) is 5.32 Å². The van der Waals surface area contributed by atoms with E-state index in [0.29, 0.717) is 17.7 Å². The molecule has 1 aliphatic rings. The number of hydrogen-bond acceptors (Lipinski definition) is 3. The maximum atomic E-state index is 13.2. The Balaban J connectivity index is 1.81. The van der Waals surface area contributed by atoms with Crippen LogP contribution in [0, 0.1) is 0 Å². The molecule has 0 fully saturated rings. The second kappa shape index (κ2) is 6.84. The van der Waals surface area contributed by atoms with Crippen LogP contribution in [0.2, 0.25) is 0 Å². The monoisotopic (exact) mass is 408 g/mol. The molecule has 26 heavy (non-hydrogen) atoms. The summed E-state index contributed by atoms with van der Waals surface area (Å²) in [4.78, 5) is 14.9. The summed E-state index contributed by atoms with van der Waals surface area (Å²) >= 11 is 3.45. The molecule has 3 aromatic carbocycles. The first-order chi connectivity index (χ1) is 12.6. The fourth-order valence-electron chi connectivity index (χ4n) is 3.23. The molecule has 5 heteroatoms. The van der Waals surface area contributed by atoms with E-state index in [0.717, 1.165) is 15.7 Å². The van der Waals surface area contributed by atoms with Crippen molar-refractivity contribution in [2.24, 2.45) is 0 Å². The number of hydrogen-bond donors (Lipinski definition) is 2. The second-order valence-corrected chi connectivity index (χ2v) is 7.13. The first-order valence-corrected chi connectivity index (χ1v) is 9.11. The molecule has 0 saturated carbocycles. The number of aromatic hydroxyl groups is 1. The fraction of sp³-hybridized carbons (Fsp3) is 0.0952. The normalized spacial score (nSPS) is 16.1. The molecule has 1 atom stereocenters. The van der Waals surface area contributed by atoms with Crippen LogP contribution in [-0.4, -0.2) is 15.9 Å². The minimum atomic E-state index is -0.463. The van der Waals surface area contributed by atoms with Crippen molar-refractivity contribution in [3.05, 3.63) is 94.0 Å². The average Bonchev–Trinajstić information content (AvgIpc) is 2.67. The maximum Gasteiger partial charge on any atom is 0.258 e. The number of nitrogens with one attached hydrogen (secondary N) is 1. The Morgan fingerprint density at radius 2 is 1.73 bits per heavy atom. The van der Waals surface area contributed by atoms with Crippen LogP contribution in [0.3, 0.4) is 0 Å². The van der Waals surface area contributed by atoms with Gasteiger partial charge in [-0.05, 0) is 35.9 Å². The van der Waals surface area contributed by atoms with Crippen molar-refractivity contribution >= 4 is 27.5 Å². The van der Waals surface area contributed by atoms with Gasteiger partial charge in [-0.15, -0.1) is 0 Å². The first kappa shape index (κ1) is 16.7. The van der Waals surface area contributed by atoms with E-state index in [4.69, 9.17) is 0 Å². The molecule has 1 aliphatic heterocycles. The smallest absolute Gasteiger partial charge is 0.258 e. The van der Waals surface area contributed by atoms with E-state index in [1.165, 1.54) is 0 Å². The number of halogens is 1. The van der Waals surface area contributed by atoms with E-state index in [2.05, 4.69) is 21.2 Å². The molecular formula is C21H17BrN2O2. The highest BCUT2D eigenvalue weighted by molar-refractivity contribution is 9.10. The third kappa shape index (κ3) is 3.06. The maximum absolute atomic E-state index is 13.2. The van der Waals surface area contributed by atoms with E-state index in [9.17, 15) is 9.90 Å². The lowest BCUT2D eigenvalue weighted by Gasteiger charge is -2.38. The Morgan fingerprint density at radius 3 is 2.54 bits per heavy atom. The van der Waals surface area contributed by atoms with Gasteiger partial charge in [0.1, 0.15) is 11.9 Å². The van der Waals surface area contributed by atoms with Crippen molar-refractivity contribution in [1.29, 1.82) is 0 Å². The van der Waals surface area contributed by atoms with Gasteiger partial charge in [0.15, 0.2) is 0 Å². The van der Waals surface area contributed by atoms with Gasteiger partial charge in [0, 0.05) is 22.3 Å². The molecule has 4 rings (SSSR count). The molecule has 0 aromatic heterocycles. The molecule has 1 amide bonds. The predicted molar refractivity (Wildman–Crippen MR) is 105 cm³/mol. The summed E-state index contributed by atoms with van der Waals surface area (Å²) in [6.45, 7) is 0.442. The van der Waals surface area contributed by atoms with Crippen LogP contribution in [0.15, 0.2) is 77.3 Å². The summed E-state index contributed by atoms with van der Waals surface area (Å²) in [7, 11) is 0. The molecule has 0 spiro atoms. The van der Waals surface area contributed by atoms with Crippen molar-refractivity contribution in [2.45, 2.75) is 12.7 Å². The van der Waals surface area contributed by atoms with Gasteiger partial charge >= 0.3 is 0 Å². The number of benzene rings is 3. The first-order valence-electron chi connectivity index (χ1n) is 8.32. The number of phenols is 1. The zero-order valence-electron chi connectivity index (χ0n) is 13.9. The number of carbonyl (C=O) groups is 1. The molecule has 2 N–H and O–H groups in total.